The Morgan fingerprint density at radius 3 is 2.24 bits per heavy atom. The molecule has 0 aliphatic rings. The highest BCUT2D eigenvalue weighted by atomic mass is 16.3. The zero-order valence-electron chi connectivity index (χ0n) is 12.5. The number of nitrogens with one attached hydrogen (secondary N) is 2. The number of benzene rings is 2. The Hall–Kier alpha value is -1.68. The topological polar surface area (TPSA) is 44.3 Å². The molecule has 2 unspecified atom stereocenters. The van der Waals surface area contributed by atoms with E-state index in [1.165, 1.54) is 5.56 Å². The van der Waals surface area contributed by atoms with Gasteiger partial charge >= 0.3 is 0 Å². The Morgan fingerprint density at radius 1 is 0.952 bits per heavy atom. The van der Waals surface area contributed by atoms with Crippen molar-refractivity contribution in [2.24, 2.45) is 0 Å². The van der Waals surface area contributed by atoms with Gasteiger partial charge in [-0.15, -0.1) is 0 Å². The lowest BCUT2D eigenvalue weighted by molar-refractivity contribution is 0.166. The SMILES string of the molecule is CC(CCc1ccccc1)NNCC(O)c1ccccc1. The van der Waals surface area contributed by atoms with E-state index >= 15 is 0 Å². The fraction of sp³-hybridized carbons (Fsp3) is 0.333. The molecular weight excluding hydrogens is 260 g/mol. The molecule has 0 aliphatic carbocycles. The predicted molar refractivity (Wildman–Crippen MR) is 86.8 cm³/mol. The van der Waals surface area contributed by atoms with Gasteiger partial charge in [0.2, 0.25) is 0 Å². The van der Waals surface area contributed by atoms with E-state index < -0.39 is 6.10 Å². The second-order valence-electron chi connectivity index (χ2n) is 5.38. The second kappa shape index (κ2) is 8.57. The van der Waals surface area contributed by atoms with Gasteiger partial charge in [0, 0.05) is 12.6 Å². The van der Waals surface area contributed by atoms with Gasteiger partial charge in [0.15, 0.2) is 0 Å². The number of aliphatic hydroxyl groups excluding tert-OH is 1. The third kappa shape index (κ3) is 5.68. The summed E-state index contributed by atoms with van der Waals surface area (Å²) in [6, 6.07) is 20.5. The normalized spacial score (nSPS) is 13.8. The standard InChI is InChI=1S/C18H24N2O/c1-15(12-13-16-8-4-2-5-9-16)20-19-14-18(21)17-10-6-3-7-11-17/h2-11,15,18-21H,12-14H2,1H3. The Labute approximate surface area is 127 Å². The van der Waals surface area contributed by atoms with Gasteiger partial charge in [0.25, 0.3) is 0 Å². The average Bonchev–Trinajstić information content (AvgIpc) is 2.54. The Balaban J connectivity index is 1.64. The van der Waals surface area contributed by atoms with Crippen LogP contribution >= 0.6 is 0 Å². The van der Waals surface area contributed by atoms with Crippen molar-refractivity contribution in [2.75, 3.05) is 6.54 Å². The first-order valence-electron chi connectivity index (χ1n) is 7.51. The molecule has 0 bridgehead atoms. The molecule has 3 nitrogen and oxygen atoms in total. The zero-order chi connectivity index (χ0) is 14.9. The van der Waals surface area contributed by atoms with Crippen molar-refractivity contribution in [1.82, 2.24) is 10.9 Å². The largest absolute Gasteiger partial charge is 0.387 e. The van der Waals surface area contributed by atoms with Gasteiger partial charge in [-0.05, 0) is 30.9 Å². The van der Waals surface area contributed by atoms with Crippen molar-refractivity contribution >= 4 is 0 Å². The summed E-state index contributed by atoms with van der Waals surface area (Å²) in [6.07, 6.45) is 1.62. The predicted octanol–water partition coefficient (Wildman–Crippen LogP) is 2.84. The number of hydrogen-bond acceptors (Lipinski definition) is 3. The van der Waals surface area contributed by atoms with Crippen LogP contribution in [0.1, 0.15) is 30.6 Å². The van der Waals surface area contributed by atoms with Gasteiger partial charge < -0.3 is 5.11 Å². The summed E-state index contributed by atoms with van der Waals surface area (Å²) in [7, 11) is 0. The molecule has 112 valence electrons. The highest BCUT2D eigenvalue weighted by molar-refractivity contribution is 5.17. The minimum atomic E-state index is -0.486. The molecule has 2 aromatic carbocycles. The molecule has 0 radical (unpaired) electrons. The van der Waals surface area contributed by atoms with Crippen molar-refractivity contribution in [3.05, 3.63) is 71.8 Å². The summed E-state index contributed by atoms with van der Waals surface area (Å²) < 4.78 is 0. The van der Waals surface area contributed by atoms with Gasteiger partial charge in [-0.2, -0.15) is 0 Å². The van der Waals surface area contributed by atoms with E-state index in [4.69, 9.17) is 0 Å². The minimum Gasteiger partial charge on any atom is -0.387 e. The van der Waals surface area contributed by atoms with Gasteiger partial charge in [-0.25, -0.2) is 0 Å². The summed E-state index contributed by atoms with van der Waals surface area (Å²) in [5.74, 6) is 0. The molecule has 0 heterocycles. The molecule has 2 rings (SSSR count). The summed E-state index contributed by atoms with van der Waals surface area (Å²) >= 11 is 0. The van der Waals surface area contributed by atoms with Crippen molar-refractivity contribution in [1.29, 1.82) is 0 Å². The molecule has 21 heavy (non-hydrogen) atoms. The molecule has 0 saturated carbocycles. The quantitative estimate of drug-likeness (QED) is 0.653. The van der Waals surface area contributed by atoms with Gasteiger partial charge in [-0.3, -0.25) is 10.9 Å². The van der Waals surface area contributed by atoms with E-state index in [0.717, 1.165) is 18.4 Å². The van der Waals surface area contributed by atoms with Crippen LogP contribution in [0.3, 0.4) is 0 Å². The molecule has 0 amide bonds. The lowest BCUT2D eigenvalue weighted by atomic mass is 10.1. The number of aryl methyl sites for hydroxylation is 1. The first-order chi connectivity index (χ1) is 10.3. The number of hydrazine groups is 1. The molecule has 2 aromatic rings. The molecule has 0 saturated heterocycles. The monoisotopic (exact) mass is 284 g/mol. The van der Waals surface area contributed by atoms with Crippen molar-refractivity contribution in [3.63, 3.8) is 0 Å². The van der Waals surface area contributed by atoms with E-state index in [2.05, 4.69) is 42.0 Å². The third-order valence-electron chi connectivity index (χ3n) is 3.54. The molecular formula is C18H24N2O. The van der Waals surface area contributed by atoms with E-state index in [1.54, 1.807) is 0 Å². The number of aliphatic hydroxyl groups is 1. The van der Waals surface area contributed by atoms with Gasteiger partial charge in [0.1, 0.15) is 0 Å². The van der Waals surface area contributed by atoms with E-state index in [9.17, 15) is 5.11 Å². The maximum Gasteiger partial charge on any atom is 0.0928 e. The molecule has 3 N–H and O–H groups in total. The maximum atomic E-state index is 10.0. The molecule has 2 atom stereocenters. The van der Waals surface area contributed by atoms with Crippen LogP contribution in [-0.2, 0) is 6.42 Å². The van der Waals surface area contributed by atoms with Crippen molar-refractivity contribution in [2.45, 2.75) is 31.9 Å². The molecule has 0 aliphatic heterocycles. The van der Waals surface area contributed by atoms with E-state index in [0.29, 0.717) is 12.6 Å². The lowest BCUT2D eigenvalue weighted by Crippen LogP contribution is -2.41. The first kappa shape index (κ1) is 15.7. The summed E-state index contributed by atoms with van der Waals surface area (Å²) in [4.78, 5) is 0. The van der Waals surface area contributed by atoms with E-state index in [-0.39, 0.29) is 0 Å². The summed E-state index contributed by atoms with van der Waals surface area (Å²) in [5, 5.41) is 10.0. The van der Waals surface area contributed by atoms with Crippen LogP contribution in [0.4, 0.5) is 0 Å². The van der Waals surface area contributed by atoms with Crippen LogP contribution in [0.25, 0.3) is 0 Å². The average molecular weight is 284 g/mol. The fourth-order valence-electron chi connectivity index (χ4n) is 2.22. The zero-order valence-corrected chi connectivity index (χ0v) is 12.5. The van der Waals surface area contributed by atoms with Crippen molar-refractivity contribution < 1.29 is 5.11 Å². The number of rotatable bonds is 8. The Morgan fingerprint density at radius 2 is 1.57 bits per heavy atom. The summed E-state index contributed by atoms with van der Waals surface area (Å²) in [5.41, 5.74) is 8.65. The van der Waals surface area contributed by atoms with Crippen LogP contribution < -0.4 is 10.9 Å². The Kier molecular flexibility index (Phi) is 6.41. The highest BCUT2D eigenvalue weighted by Crippen LogP contribution is 2.10. The lowest BCUT2D eigenvalue weighted by Gasteiger charge is -2.17. The van der Waals surface area contributed by atoms with Crippen LogP contribution in [0.2, 0.25) is 0 Å². The van der Waals surface area contributed by atoms with Crippen LogP contribution in [0.5, 0.6) is 0 Å². The van der Waals surface area contributed by atoms with E-state index in [1.807, 2.05) is 36.4 Å². The smallest absolute Gasteiger partial charge is 0.0928 e. The molecule has 0 aromatic heterocycles. The molecule has 3 heteroatoms. The van der Waals surface area contributed by atoms with Gasteiger partial charge in [0.05, 0.1) is 6.10 Å². The second-order valence-corrected chi connectivity index (χ2v) is 5.38. The number of hydrogen-bond donors (Lipinski definition) is 3. The van der Waals surface area contributed by atoms with Crippen LogP contribution in [0, 0.1) is 0 Å². The molecule has 0 spiro atoms. The van der Waals surface area contributed by atoms with Crippen LogP contribution in [-0.4, -0.2) is 17.7 Å². The van der Waals surface area contributed by atoms with Crippen molar-refractivity contribution in [3.8, 4) is 0 Å². The minimum absolute atomic E-state index is 0.355. The fourth-order valence-corrected chi connectivity index (χ4v) is 2.22. The third-order valence-corrected chi connectivity index (χ3v) is 3.54. The highest BCUT2D eigenvalue weighted by Gasteiger charge is 2.07. The van der Waals surface area contributed by atoms with Gasteiger partial charge in [-0.1, -0.05) is 60.7 Å². The first-order valence-corrected chi connectivity index (χ1v) is 7.51. The summed E-state index contributed by atoms with van der Waals surface area (Å²) in [6.45, 7) is 2.64. The van der Waals surface area contributed by atoms with Crippen LogP contribution in [0.15, 0.2) is 60.7 Å². The maximum absolute atomic E-state index is 10.0. The molecule has 0 fully saturated rings. The Bertz CT molecular complexity index is 501.